The van der Waals surface area contributed by atoms with E-state index in [0.29, 0.717) is 12.1 Å². The van der Waals surface area contributed by atoms with Crippen LogP contribution in [0.3, 0.4) is 0 Å². The van der Waals surface area contributed by atoms with Gasteiger partial charge in [-0.3, -0.25) is 19.7 Å². The number of halogens is 9. The summed E-state index contributed by atoms with van der Waals surface area (Å²) in [5, 5.41) is 17.2. The van der Waals surface area contributed by atoms with E-state index in [1.165, 1.54) is 24.3 Å². The molecule has 3 unspecified atom stereocenters. The van der Waals surface area contributed by atoms with Gasteiger partial charge in [-0.2, -0.15) is 22.0 Å². The second kappa shape index (κ2) is 10.8. The normalized spacial score (nSPS) is 23.3. The molecule has 0 radical (unpaired) electrons. The van der Waals surface area contributed by atoms with Crippen LogP contribution >= 0.6 is 46.4 Å². The molecule has 226 valence electrons. The molecule has 5 rings (SSSR count). The van der Waals surface area contributed by atoms with E-state index in [1.54, 1.807) is 0 Å². The second-order valence-corrected chi connectivity index (χ2v) is 11.6. The van der Waals surface area contributed by atoms with Crippen LogP contribution in [0.5, 0.6) is 0 Å². The van der Waals surface area contributed by atoms with Gasteiger partial charge in [-0.05, 0) is 42.5 Å². The first-order chi connectivity index (χ1) is 20.0. The molecule has 4 N–H and O–H groups in total. The lowest BCUT2D eigenvalue weighted by Crippen LogP contribution is -2.53. The number of carboxylic acids is 1. The Morgan fingerprint density at radius 3 is 2.09 bits per heavy atom. The minimum Gasteiger partial charge on any atom is -0.481 e. The fraction of sp³-hybridized carbons (Fsp3) is 0.222. The van der Waals surface area contributed by atoms with Crippen molar-refractivity contribution >= 4 is 75.6 Å². The van der Waals surface area contributed by atoms with Crippen LogP contribution in [0, 0.1) is 11.8 Å². The number of alkyl halides is 5. The Labute approximate surface area is 259 Å². The standard InChI is InChI=1S/C27H16Cl4F5N3O4/c28-12-5-13(29)7-15(6-12)37-22(40)18-19(23(41)42)25(16-8-14(30)9-17(31)20(16)38-24(25)43)39-21(18)26(32,33)10-2-1-3-11(4-10)27(34,35)36/h1-9,18-19,21,39H,(H,37,40)(H,38,43)(H,41,42)/t18?,19-,21?,25?/m0/s1. The van der Waals surface area contributed by atoms with Crippen LogP contribution in [-0.4, -0.2) is 28.9 Å². The molecule has 7 nitrogen and oxygen atoms in total. The minimum absolute atomic E-state index is 0.0397. The van der Waals surface area contributed by atoms with E-state index in [4.69, 9.17) is 46.4 Å². The molecule has 3 aromatic carbocycles. The Morgan fingerprint density at radius 1 is 0.884 bits per heavy atom. The molecule has 16 heteroatoms. The molecular weight excluding hydrogens is 667 g/mol. The zero-order valence-electron chi connectivity index (χ0n) is 21.0. The van der Waals surface area contributed by atoms with Gasteiger partial charge in [-0.1, -0.05) is 58.5 Å². The number of rotatable bonds is 5. The van der Waals surface area contributed by atoms with E-state index in [-0.39, 0.29) is 43.1 Å². The Balaban J connectivity index is 1.72. The molecule has 0 saturated carbocycles. The third-order valence-corrected chi connectivity index (χ3v) is 8.26. The number of carbonyl (C=O) groups is 3. The number of amides is 2. The zero-order chi connectivity index (χ0) is 31.6. The number of aliphatic carboxylic acids is 1. The summed E-state index contributed by atoms with van der Waals surface area (Å²) in [4.78, 5) is 40.2. The van der Waals surface area contributed by atoms with Gasteiger partial charge in [0.2, 0.25) is 11.8 Å². The molecule has 3 aromatic rings. The lowest BCUT2D eigenvalue weighted by atomic mass is 9.74. The molecule has 0 aromatic heterocycles. The number of hydrogen-bond donors (Lipinski definition) is 4. The number of carbonyl (C=O) groups excluding carboxylic acids is 2. The molecule has 2 amide bonds. The minimum atomic E-state index is -5.00. The number of hydrogen-bond acceptors (Lipinski definition) is 4. The third kappa shape index (κ3) is 5.29. The maximum Gasteiger partial charge on any atom is 0.416 e. The van der Waals surface area contributed by atoms with Gasteiger partial charge >= 0.3 is 12.1 Å². The summed E-state index contributed by atoms with van der Waals surface area (Å²) in [6, 6.07) is 5.70. The summed E-state index contributed by atoms with van der Waals surface area (Å²) >= 11 is 24.3. The van der Waals surface area contributed by atoms with Crippen LogP contribution in [0.1, 0.15) is 16.7 Å². The molecule has 1 spiro atoms. The third-order valence-electron chi connectivity index (χ3n) is 7.31. The molecule has 1 fully saturated rings. The van der Waals surface area contributed by atoms with E-state index in [1.807, 2.05) is 0 Å². The highest BCUT2D eigenvalue weighted by atomic mass is 35.5. The summed E-state index contributed by atoms with van der Waals surface area (Å²) in [6.07, 6.45) is -5.00. The van der Waals surface area contributed by atoms with Gasteiger partial charge in [-0.25, -0.2) is 0 Å². The predicted octanol–water partition coefficient (Wildman–Crippen LogP) is 7.19. The molecule has 2 aliphatic rings. The number of fused-ring (bicyclic) bond motifs is 2. The lowest BCUT2D eigenvalue weighted by molar-refractivity contribution is -0.151. The van der Waals surface area contributed by atoms with Crippen molar-refractivity contribution < 1.29 is 41.4 Å². The van der Waals surface area contributed by atoms with Crippen LogP contribution in [0.2, 0.25) is 20.1 Å². The van der Waals surface area contributed by atoms with Crippen molar-refractivity contribution in [3.05, 3.63) is 91.4 Å². The highest BCUT2D eigenvalue weighted by molar-refractivity contribution is 6.38. The van der Waals surface area contributed by atoms with Gasteiger partial charge < -0.3 is 15.7 Å². The quantitative estimate of drug-likeness (QED) is 0.213. The second-order valence-electron chi connectivity index (χ2n) is 9.88. The van der Waals surface area contributed by atoms with Crippen LogP contribution in [-0.2, 0) is 32.0 Å². The number of carboxylic acid groups (broad SMARTS) is 1. The molecule has 43 heavy (non-hydrogen) atoms. The van der Waals surface area contributed by atoms with Gasteiger partial charge in [0.25, 0.3) is 5.92 Å². The topological polar surface area (TPSA) is 108 Å². The smallest absolute Gasteiger partial charge is 0.416 e. The van der Waals surface area contributed by atoms with Crippen LogP contribution in [0.15, 0.2) is 54.6 Å². The van der Waals surface area contributed by atoms with Crippen molar-refractivity contribution in [2.75, 3.05) is 10.6 Å². The molecular formula is C27H16Cl4F5N3O4. The maximum atomic E-state index is 16.4. The van der Waals surface area contributed by atoms with Crippen molar-refractivity contribution in [3.63, 3.8) is 0 Å². The highest BCUT2D eigenvalue weighted by Crippen LogP contribution is 2.55. The molecule has 1 saturated heterocycles. The van der Waals surface area contributed by atoms with Crippen molar-refractivity contribution in [1.29, 1.82) is 0 Å². The molecule has 0 aliphatic carbocycles. The van der Waals surface area contributed by atoms with Crippen LogP contribution in [0.25, 0.3) is 0 Å². The molecule has 2 aliphatic heterocycles. The fourth-order valence-electron chi connectivity index (χ4n) is 5.58. The van der Waals surface area contributed by atoms with Crippen LogP contribution < -0.4 is 16.0 Å². The Morgan fingerprint density at radius 2 is 1.49 bits per heavy atom. The van der Waals surface area contributed by atoms with Crippen molar-refractivity contribution in [1.82, 2.24) is 5.32 Å². The van der Waals surface area contributed by atoms with E-state index >= 15 is 8.78 Å². The molecule has 4 atom stereocenters. The van der Waals surface area contributed by atoms with Crippen molar-refractivity contribution in [2.24, 2.45) is 11.8 Å². The average molecular weight is 683 g/mol. The Kier molecular flexibility index (Phi) is 7.84. The predicted molar refractivity (Wildman–Crippen MR) is 149 cm³/mol. The summed E-state index contributed by atoms with van der Waals surface area (Å²) < 4.78 is 73.2. The summed E-state index contributed by atoms with van der Waals surface area (Å²) in [7, 11) is 0. The molecule has 2 heterocycles. The highest BCUT2D eigenvalue weighted by Gasteiger charge is 2.71. The summed E-state index contributed by atoms with van der Waals surface area (Å²) in [6.45, 7) is 0. The first kappa shape index (κ1) is 31.3. The number of anilines is 2. The van der Waals surface area contributed by atoms with Gasteiger partial charge in [0.05, 0.1) is 28.2 Å². The Hall–Kier alpha value is -3.16. The van der Waals surface area contributed by atoms with Crippen molar-refractivity contribution in [3.8, 4) is 0 Å². The largest absolute Gasteiger partial charge is 0.481 e. The maximum absolute atomic E-state index is 16.4. The van der Waals surface area contributed by atoms with E-state index in [2.05, 4.69) is 16.0 Å². The zero-order valence-corrected chi connectivity index (χ0v) is 24.0. The summed E-state index contributed by atoms with van der Waals surface area (Å²) in [5.74, 6) is -13.2. The van der Waals surface area contributed by atoms with Crippen molar-refractivity contribution in [2.45, 2.75) is 23.7 Å². The number of nitrogens with one attached hydrogen (secondary N) is 3. The lowest BCUT2D eigenvalue weighted by Gasteiger charge is -2.30. The molecule has 0 bridgehead atoms. The SMILES string of the molecule is O=C(Nc1cc(Cl)cc(Cl)c1)C1C(C(F)(F)c2cccc(C(F)(F)F)c2)NC2(C(=O)Nc3c(Cl)cc(Cl)cc32)[C@@H]1C(=O)O. The monoisotopic (exact) mass is 681 g/mol. The van der Waals surface area contributed by atoms with E-state index in [9.17, 15) is 32.7 Å². The van der Waals surface area contributed by atoms with Crippen LogP contribution in [0.4, 0.5) is 33.3 Å². The Bertz CT molecular complexity index is 1670. The van der Waals surface area contributed by atoms with Gasteiger partial charge in [0.1, 0.15) is 11.5 Å². The number of benzene rings is 3. The van der Waals surface area contributed by atoms with E-state index in [0.717, 1.165) is 12.1 Å². The van der Waals surface area contributed by atoms with Gasteiger partial charge in [0.15, 0.2) is 0 Å². The first-order valence-corrected chi connectivity index (χ1v) is 13.6. The fourth-order valence-corrected chi connectivity index (χ4v) is 6.64. The summed E-state index contributed by atoms with van der Waals surface area (Å²) in [5.41, 5.74) is -5.64. The van der Waals surface area contributed by atoms with Gasteiger partial charge in [-0.15, -0.1) is 0 Å². The average Bonchev–Trinajstić information content (AvgIpc) is 3.40. The van der Waals surface area contributed by atoms with E-state index < -0.39 is 64.4 Å². The van der Waals surface area contributed by atoms with Gasteiger partial charge in [0, 0.05) is 31.9 Å². The first-order valence-electron chi connectivity index (χ1n) is 12.1.